The third-order valence-corrected chi connectivity index (χ3v) is 4.70. The fourth-order valence-corrected chi connectivity index (χ4v) is 3.41. The first-order valence-corrected chi connectivity index (χ1v) is 8.57. The smallest absolute Gasteiger partial charge is 0.270 e. The number of rotatable bonds is 2. The molecule has 2 aromatic carbocycles. The van der Waals surface area contributed by atoms with Gasteiger partial charge >= 0.3 is 0 Å². The van der Waals surface area contributed by atoms with E-state index < -0.39 is 17.6 Å². The number of aromatic nitrogens is 1. The molecule has 0 atom stereocenters. The number of carbonyl (C=O) groups is 2. The van der Waals surface area contributed by atoms with E-state index in [1.54, 1.807) is 6.08 Å². The number of carbonyl (C=O) groups excluding carboxylic acids is 2. The summed E-state index contributed by atoms with van der Waals surface area (Å²) in [6.45, 7) is 0. The van der Waals surface area contributed by atoms with Gasteiger partial charge in [-0.1, -0.05) is 18.2 Å². The van der Waals surface area contributed by atoms with Crippen molar-refractivity contribution < 1.29 is 14.0 Å². The average Bonchev–Trinajstić information content (AvgIpc) is 2.96. The minimum Gasteiger partial charge on any atom is -0.350 e. The first-order chi connectivity index (χ1) is 13.0. The summed E-state index contributed by atoms with van der Waals surface area (Å²) in [5.74, 6) is -1.54. The second-order valence-electron chi connectivity index (χ2n) is 6.15. The predicted molar refractivity (Wildman–Crippen MR) is 106 cm³/mol. The summed E-state index contributed by atoms with van der Waals surface area (Å²) in [5, 5.41) is 3.42. The molecule has 0 unspecified atom stereocenters. The molecule has 0 spiro atoms. The van der Waals surface area contributed by atoms with Crippen molar-refractivity contribution in [3.63, 3.8) is 0 Å². The molecule has 0 saturated carbocycles. The first kappa shape index (κ1) is 17.1. The largest absolute Gasteiger partial charge is 0.350 e. The van der Waals surface area contributed by atoms with E-state index in [1.165, 1.54) is 29.2 Å². The molecule has 3 aromatic rings. The van der Waals surface area contributed by atoms with Gasteiger partial charge in [0.2, 0.25) is 0 Å². The Bertz CT molecular complexity index is 1130. The van der Waals surface area contributed by atoms with E-state index in [0.717, 1.165) is 16.5 Å². The summed E-state index contributed by atoms with van der Waals surface area (Å²) in [4.78, 5) is 26.6. The minimum absolute atomic E-state index is 0.0355. The van der Waals surface area contributed by atoms with Gasteiger partial charge in [0.05, 0.1) is 5.69 Å². The third-order valence-electron chi connectivity index (χ3n) is 4.41. The van der Waals surface area contributed by atoms with Crippen molar-refractivity contribution in [2.75, 3.05) is 4.90 Å². The maximum Gasteiger partial charge on any atom is 0.270 e. The molecule has 0 bridgehead atoms. The van der Waals surface area contributed by atoms with Gasteiger partial charge in [0.25, 0.3) is 11.8 Å². The summed E-state index contributed by atoms with van der Waals surface area (Å²) in [7, 11) is 1.90. The normalized spacial score (nSPS) is 16.3. The molecule has 0 radical (unpaired) electrons. The number of aryl methyl sites for hydroxylation is 1. The Hall–Kier alpha value is -3.32. The van der Waals surface area contributed by atoms with Crippen LogP contribution in [-0.4, -0.2) is 21.5 Å². The molecule has 5 nitrogen and oxygen atoms in total. The van der Waals surface area contributed by atoms with E-state index in [4.69, 9.17) is 12.2 Å². The predicted octanol–water partition coefficient (Wildman–Crippen LogP) is 3.15. The van der Waals surface area contributed by atoms with Crippen molar-refractivity contribution in [2.45, 2.75) is 0 Å². The number of fused-ring (bicyclic) bond motifs is 1. The highest BCUT2D eigenvalue weighted by atomic mass is 32.1. The van der Waals surface area contributed by atoms with Crippen molar-refractivity contribution >= 4 is 51.8 Å². The fourth-order valence-electron chi connectivity index (χ4n) is 3.13. The van der Waals surface area contributed by atoms with Crippen LogP contribution in [0.25, 0.3) is 17.0 Å². The van der Waals surface area contributed by atoms with E-state index in [9.17, 15) is 14.0 Å². The molecule has 2 amide bonds. The molecule has 134 valence electrons. The number of hydrogen-bond acceptors (Lipinski definition) is 3. The molecule has 1 aromatic heterocycles. The zero-order chi connectivity index (χ0) is 19.1. The first-order valence-electron chi connectivity index (χ1n) is 8.17. The lowest BCUT2D eigenvalue weighted by molar-refractivity contribution is -0.122. The molecule has 2 heterocycles. The number of amides is 2. The summed E-state index contributed by atoms with van der Waals surface area (Å²) in [6.07, 6.45) is 3.41. The number of hydrogen-bond donors (Lipinski definition) is 1. The van der Waals surface area contributed by atoms with Crippen LogP contribution in [0, 0.1) is 5.82 Å². The molecule has 1 aliphatic rings. The summed E-state index contributed by atoms with van der Waals surface area (Å²) in [6, 6.07) is 13.0. The summed E-state index contributed by atoms with van der Waals surface area (Å²) >= 11 is 5.14. The van der Waals surface area contributed by atoms with Crippen molar-refractivity contribution in [1.82, 2.24) is 9.88 Å². The van der Waals surface area contributed by atoms with Crippen molar-refractivity contribution in [3.05, 3.63) is 71.7 Å². The number of anilines is 1. The molecule has 4 rings (SSSR count). The van der Waals surface area contributed by atoms with Crippen LogP contribution >= 0.6 is 12.2 Å². The van der Waals surface area contributed by atoms with E-state index in [0.29, 0.717) is 5.69 Å². The number of nitrogens with zero attached hydrogens (tertiary/aromatic N) is 2. The molecular weight excluding hydrogens is 365 g/mol. The number of benzene rings is 2. The molecular formula is C20H14FN3O2S. The second kappa shape index (κ2) is 6.44. The molecule has 1 N–H and O–H groups in total. The molecule has 1 aliphatic heterocycles. The van der Waals surface area contributed by atoms with Gasteiger partial charge in [0.1, 0.15) is 11.4 Å². The number of thiocarbonyl (C=S) groups is 1. The van der Waals surface area contributed by atoms with Crippen LogP contribution < -0.4 is 10.2 Å². The highest BCUT2D eigenvalue weighted by Gasteiger charge is 2.34. The Morgan fingerprint density at radius 3 is 2.52 bits per heavy atom. The average molecular weight is 379 g/mol. The lowest BCUT2D eigenvalue weighted by Gasteiger charge is -2.28. The minimum atomic E-state index is -0.559. The van der Waals surface area contributed by atoms with Gasteiger partial charge < -0.3 is 4.57 Å². The van der Waals surface area contributed by atoms with E-state index in [1.807, 2.05) is 42.1 Å². The molecule has 1 fully saturated rings. The SMILES string of the molecule is Cn1cc(/C=C2/C(=O)NC(=S)N(c3ccc(F)cc3)C2=O)c2ccccc21. The topological polar surface area (TPSA) is 54.3 Å². The van der Waals surface area contributed by atoms with Crippen LogP contribution in [0.4, 0.5) is 10.1 Å². The Labute approximate surface area is 159 Å². The zero-order valence-corrected chi connectivity index (χ0v) is 15.1. The van der Waals surface area contributed by atoms with E-state index in [2.05, 4.69) is 5.32 Å². The molecule has 27 heavy (non-hydrogen) atoms. The quantitative estimate of drug-likeness (QED) is 0.423. The van der Waals surface area contributed by atoms with E-state index >= 15 is 0 Å². The third kappa shape index (κ3) is 2.92. The highest BCUT2D eigenvalue weighted by molar-refractivity contribution is 7.80. The Morgan fingerprint density at radius 1 is 1.07 bits per heavy atom. The molecule has 0 aliphatic carbocycles. The van der Waals surface area contributed by atoms with Crippen LogP contribution in [0.5, 0.6) is 0 Å². The number of nitrogens with one attached hydrogen (secondary N) is 1. The lowest BCUT2D eigenvalue weighted by Crippen LogP contribution is -2.54. The lowest BCUT2D eigenvalue weighted by atomic mass is 10.1. The number of halogens is 1. The van der Waals surface area contributed by atoms with Crippen molar-refractivity contribution in [1.29, 1.82) is 0 Å². The fraction of sp³-hybridized carbons (Fsp3) is 0.0500. The molecule has 1 saturated heterocycles. The van der Waals surface area contributed by atoms with Gasteiger partial charge in [-0.25, -0.2) is 4.39 Å². The number of para-hydroxylation sites is 1. The van der Waals surface area contributed by atoms with Gasteiger partial charge in [-0.3, -0.25) is 19.8 Å². The van der Waals surface area contributed by atoms with Crippen LogP contribution in [0.1, 0.15) is 5.56 Å². The summed E-state index contributed by atoms with van der Waals surface area (Å²) in [5.41, 5.74) is 2.08. The maximum atomic E-state index is 13.2. The van der Waals surface area contributed by atoms with Crippen LogP contribution in [0.15, 0.2) is 60.3 Å². The monoisotopic (exact) mass is 379 g/mol. The highest BCUT2D eigenvalue weighted by Crippen LogP contribution is 2.26. The Balaban J connectivity index is 1.80. The van der Waals surface area contributed by atoms with Gasteiger partial charge in [-0.2, -0.15) is 0 Å². The summed E-state index contributed by atoms with van der Waals surface area (Å²) < 4.78 is 15.1. The van der Waals surface area contributed by atoms with Crippen LogP contribution in [0.3, 0.4) is 0 Å². The Morgan fingerprint density at radius 2 is 1.78 bits per heavy atom. The maximum absolute atomic E-state index is 13.2. The molecule has 7 heteroatoms. The van der Waals surface area contributed by atoms with Gasteiger partial charge in [-0.15, -0.1) is 0 Å². The standard InChI is InChI=1S/C20H14FN3O2S/c1-23-11-12(15-4-2-3-5-17(15)23)10-16-18(25)22-20(27)24(19(16)26)14-8-6-13(21)7-9-14/h2-11H,1H3,(H,22,25,27)/b16-10-. The van der Waals surface area contributed by atoms with Crippen molar-refractivity contribution in [3.8, 4) is 0 Å². The van der Waals surface area contributed by atoms with Gasteiger partial charge in [0, 0.05) is 29.7 Å². The van der Waals surface area contributed by atoms with Gasteiger partial charge in [-0.05, 0) is 48.6 Å². The van der Waals surface area contributed by atoms with Crippen molar-refractivity contribution in [2.24, 2.45) is 7.05 Å². The van der Waals surface area contributed by atoms with Crippen LogP contribution in [0.2, 0.25) is 0 Å². The second-order valence-corrected chi connectivity index (χ2v) is 6.53. The zero-order valence-electron chi connectivity index (χ0n) is 14.3. The Kier molecular flexibility index (Phi) is 4.08. The van der Waals surface area contributed by atoms with Gasteiger partial charge in [0.15, 0.2) is 5.11 Å². The van der Waals surface area contributed by atoms with E-state index in [-0.39, 0.29) is 10.7 Å². The van der Waals surface area contributed by atoms with Crippen LogP contribution in [-0.2, 0) is 16.6 Å².